The fraction of sp³-hybridized carbons (Fsp3) is 0.857. The summed E-state index contributed by atoms with van der Waals surface area (Å²) in [6, 6.07) is 0. The SMILES string of the molecule is CCOCCOC(=O)C1COS(=O)O1. The van der Waals surface area contributed by atoms with E-state index in [4.69, 9.17) is 9.47 Å². The molecular formula is C7H12O6S. The maximum atomic E-state index is 11.1. The van der Waals surface area contributed by atoms with Crippen LogP contribution in [0.5, 0.6) is 0 Å². The van der Waals surface area contributed by atoms with Crippen LogP contribution in [-0.4, -0.2) is 42.7 Å². The lowest BCUT2D eigenvalue weighted by Crippen LogP contribution is -2.26. The zero-order valence-corrected chi connectivity index (χ0v) is 8.58. The van der Waals surface area contributed by atoms with Crippen LogP contribution in [0.2, 0.25) is 0 Å². The second-order valence-corrected chi connectivity index (χ2v) is 3.27. The summed E-state index contributed by atoms with van der Waals surface area (Å²) in [6.07, 6.45) is -0.877. The van der Waals surface area contributed by atoms with Crippen LogP contribution in [0, 0.1) is 0 Å². The first-order valence-corrected chi connectivity index (χ1v) is 5.20. The molecule has 1 rings (SSSR count). The molecule has 1 aliphatic rings. The number of carbonyl (C=O) groups is 1. The Hall–Kier alpha value is -0.500. The van der Waals surface area contributed by atoms with Crippen LogP contribution in [0.1, 0.15) is 6.92 Å². The molecule has 1 saturated heterocycles. The molecule has 2 atom stereocenters. The smallest absolute Gasteiger partial charge is 0.339 e. The van der Waals surface area contributed by atoms with Gasteiger partial charge in [0.15, 0.2) is 6.10 Å². The fourth-order valence-electron chi connectivity index (χ4n) is 0.814. The van der Waals surface area contributed by atoms with Gasteiger partial charge in [0.1, 0.15) is 13.2 Å². The molecule has 14 heavy (non-hydrogen) atoms. The van der Waals surface area contributed by atoms with Gasteiger partial charge < -0.3 is 9.47 Å². The second-order valence-electron chi connectivity index (χ2n) is 2.44. The van der Waals surface area contributed by atoms with Crippen LogP contribution in [-0.2, 0) is 34.0 Å². The Labute approximate surface area is 84.3 Å². The zero-order chi connectivity index (χ0) is 10.4. The fourth-order valence-corrected chi connectivity index (χ4v) is 1.43. The van der Waals surface area contributed by atoms with E-state index in [1.807, 2.05) is 6.92 Å². The summed E-state index contributed by atoms with van der Waals surface area (Å²) in [5, 5.41) is 0. The standard InChI is InChI=1S/C7H12O6S/c1-2-10-3-4-11-7(8)6-5-12-14(9)13-6/h6H,2-5H2,1H3. The topological polar surface area (TPSA) is 71.1 Å². The molecule has 1 aliphatic heterocycles. The van der Waals surface area contributed by atoms with Crippen LogP contribution < -0.4 is 0 Å². The molecule has 0 spiro atoms. The van der Waals surface area contributed by atoms with Crippen molar-refractivity contribution in [3.63, 3.8) is 0 Å². The van der Waals surface area contributed by atoms with Crippen LogP contribution >= 0.6 is 0 Å². The number of ether oxygens (including phenoxy) is 2. The minimum atomic E-state index is -1.81. The van der Waals surface area contributed by atoms with Crippen molar-refractivity contribution < 1.29 is 26.8 Å². The highest BCUT2D eigenvalue weighted by Gasteiger charge is 2.31. The lowest BCUT2D eigenvalue weighted by atomic mass is 10.4. The van der Waals surface area contributed by atoms with Gasteiger partial charge in [0, 0.05) is 6.61 Å². The number of hydrogen-bond donors (Lipinski definition) is 0. The first-order chi connectivity index (χ1) is 6.74. The minimum absolute atomic E-state index is 0.0277. The molecule has 2 unspecified atom stereocenters. The molecule has 0 amide bonds. The van der Waals surface area contributed by atoms with Gasteiger partial charge in [0.05, 0.1) is 6.61 Å². The third-order valence-corrected chi connectivity index (χ3v) is 2.17. The van der Waals surface area contributed by atoms with E-state index < -0.39 is 23.4 Å². The third-order valence-electron chi connectivity index (χ3n) is 1.45. The Balaban J connectivity index is 2.12. The quantitative estimate of drug-likeness (QED) is 0.465. The zero-order valence-electron chi connectivity index (χ0n) is 7.76. The molecule has 0 aromatic rings. The maximum absolute atomic E-state index is 11.1. The van der Waals surface area contributed by atoms with E-state index in [1.54, 1.807) is 0 Å². The predicted octanol–water partition coefficient (Wildman–Crippen LogP) is -0.440. The van der Waals surface area contributed by atoms with E-state index in [-0.39, 0.29) is 13.2 Å². The van der Waals surface area contributed by atoms with Gasteiger partial charge in [0.25, 0.3) is 0 Å². The number of esters is 1. The monoisotopic (exact) mass is 224 g/mol. The van der Waals surface area contributed by atoms with E-state index in [0.717, 1.165) is 0 Å². The lowest BCUT2D eigenvalue weighted by molar-refractivity contribution is -0.152. The molecule has 6 nitrogen and oxygen atoms in total. The third kappa shape index (κ3) is 3.70. The summed E-state index contributed by atoms with van der Waals surface area (Å²) in [6.45, 7) is 2.90. The van der Waals surface area contributed by atoms with Gasteiger partial charge in [0.2, 0.25) is 0 Å². The largest absolute Gasteiger partial charge is 0.461 e. The van der Waals surface area contributed by atoms with Crippen LogP contribution in [0.25, 0.3) is 0 Å². The molecule has 0 N–H and O–H groups in total. The molecule has 0 aromatic heterocycles. The minimum Gasteiger partial charge on any atom is -0.461 e. The average Bonchev–Trinajstić information content (AvgIpc) is 2.59. The highest BCUT2D eigenvalue weighted by atomic mass is 32.2. The van der Waals surface area contributed by atoms with Crippen molar-refractivity contribution in [2.75, 3.05) is 26.4 Å². The Morgan fingerprint density at radius 2 is 2.36 bits per heavy atom. The van der Waals surface area contributed by atoms with Gasteiger partial charge in [-0.05, 0) is 6.92 Å². The van der Waals surface area contributed by atoms with Crippen molar-refractivity contribution in [2.24, 2.45) is 0 Å². The van der Waals surface area contributed by atoms with Crippen molar-refractivity contribution in [1.82, 2.24) is 0 Å². The number of hydrogen-bond acceptors (Lipinski definition) is 6. The molecule has 0 aromatic carbocycles. The number of rotatable bonds is 5. The lowest BCUT2D eigenvalue weighted by Gasteiger charge is -2.06. The van der Waals surface area contributed by atoms with Gasteiger partial charge in [-0.1, -0.05) is 0 Å². The Kier molecular flexibility index (Phi) is 5.02. The highest BCUT2D eigenvalue weighted by Crippen LogP contribution is 2.09. The second kappa shape index (κ2) is 6.07. The summed E-state index contributed by atoms with van der Waals surface area (Å²) in [7, 11) is 0. The molecular weight excluding hydrogens is 212 g/mol. The molecule has 1 fully saturated rings. The first kappa shape index (κ1) is 11.6. The first-order valence-electron chi connectivity index (χ1n) is 4.20. The molecule has 0 saturated carbocycles. The molecule has 0 aliphatic carbocycles. The summed E-state index contributed by atoms with van der Waals surface area (Å²) >= 11 is -1.81. The molecule has 0 radical (unpaired) electrons. The van der Waals surface area contributed by atoms with Crippen molar-refractivity contribution in [2.45, 2.75) is 13.0 Å². The van der Waals surface area contributed by atoms with Crippen molar-refractivity contribution in [1.29, 1.82) is 0 Å². The summed E-state index contributed by atoms with van der Waals surface area (Å²) in [5.41, 5.74) is 0. The van der Waals surface area contributed by atoms with Crippen LogP contribution in [0.4, 0.5) is 0 Å². The van der Waals surface area contributed by atoms with E-state index >= 15 is 0 Å². The van der Waals surface area contributed by atoms with E-state index in [9.17, 15) is 9.00 Å². The van der Waals surface area contributed by atoms with Crippen LogP contribution in [0.3, 0.4) is 0 Å². The molecule has 82 valence electrons. The van der Waals surface area contributed by atoms with Gasteiger partial charge >= 0.3 is 17.3 Å². The van der Waals surface area contributed by atoms with Gasteiger partial charge in [-0.15, -0.1) is 0 Å². The highest BCUT2D eigenvalue weighted by molar-refractivity contribution is 7.75. The Morgan fingerprint density at radius 3 is 2.93 bits per heavy atom. The van der Waals surface area contributed by atoms with E-state index in [2.05, 4.69) is 8.37 Å². The predicted molar refractivity (Wildman–Crippen MR) is 46.4 cm³/mol. The summed E-state index contributed by atoms with van der Waals surface area (Å²) < 4.78 is 29.4. The van der Waals surface area contributed by atoms with E-state index in [0.29, 0.717) is 13.2 Å². The Bertz CT molecular complexity index is 218. The molecule has 0 bridgehead atoms. The van der Waals surface area contributed by atoms with Gasteiger partial charge in [-0.2, -0.15) is 4.21 Å². The normalized spacial score (nSPS) is 26.4. The maximum Gasteiger partial charge on any atom is 0.339 e. The summed E-state index contributed by atoms with van der Waals surface area (Å²) in [4.78, 5) is 11.1. The average molecular weight is 224 g/mol. The van der Waals surface area contributed by atoms with E-state index in [1.165, 1.54) is 0 Å². The van der Waals surface area contributed by atoms with Crippen LogP contribution in [0.15, 0.2) is 0 Å². The Morgan fingerprint density at radius 1 is 1.57 bits per heavy atom. The molecule has 1 heterocycles. The summed E-state index contributed by atoms with van der Waals surface area (Å²) in [5.74, 6) is -0.574. The molecule has 7 heteroatoms. The van der Waals surface area contributed by atoms with Crippen molar-refractivity contribution in [3.8, 4) is 0 Å². The number of carbonyl (C=O) groups excluding carboxylic acids is 1. The van der Waals surface area contributed by atoms with Crippen molar-refractivity contribution >= 4 is 17.3 Å². The van der Waals surface area contributed by atoms with Gasteiger partial charge in [-0.3, -0.25) is 8.37 Å². The van der Waals surface area contributed by atoms with Gasteiger partial charge in [-0.25, -0.2) is 4.79 Å². The van der Waals surface area contributed by atoms with Crippen molar-refractivity contribution in [3.05, 3.63) is 0 Å².